The molecular formula is C10H14N2O2. The molecule has 0 aliphatic heterocycles. The summed E-state index contributed by atoms with van der Waals surface area (Å²) in [5.74, 6) is -0.886. The Morgan fingerprint density at radius 2 is 2.43 bits per heavy atom. The zero-order valence-electron chi connectivity index (χ0n) is 8.40. The molecule has 4 nitrogen and oxygen atoms in total. The van der Waals surface area contributed by atoms with E-state index in [2.05, 4.69) is 5.10 Å². The molecule has 0 fully saturated rings. The van der Waals surface area contributed by atoms with Crippen LogP contribution in [0.15, 0.2) is 6.20 Å². The van der Waals surface area contributed by atoms with Crippen molar-refractivity contribution in [1.82, 2.24) is 9.78 Å². The first-order valence-corrected chi connectivity index (χ1v) is 4.85. The average molecular weight is 194 g/mol. The smallest absolute Gasteiger partial charge is 0.311 e. The maximum atomic E-state index is 11.1. The standard InChI is InChI=1S/C10H14N2O2/c1-6-3-4-8-7(5-12(2)11-8)9(6)10(13)14/h5-6,9H,3-4H2,1-2H3,(H,13,14). The summed E-state index contributed by atoms with van der Waals surface area (Å²) in [6, 6.07) is 0. The van der Waals surface area contributed by atoms with E-state index in [1.807, 2.05) is 20.2 Å². The molecule has 1 N–H and O–H groups in total. The molecule has 1 heterocycles. The predicted octanol–water partition coefficient (Wildman–Crippen LogP) is 1.17. The lowest BCUT2D eigenvalue weighted by molar-refractivity contribution is -0.140. The Balaban J connectivity index is 2.45. The van der Waals surface area contributed by atoms with Gasteiger partial charge in [-0.05, 0) is 18.8 Å². The Labute approximate surface area is 82.5 Å². The highest BCUT2D eigenvalue weighted by Gasteiger charge is 2.33. The topological polar surface area (TPSA) is 55.1 Å². The third kappa shape index (κ3) is 1.31. The lowest BCUT2D eigenvalue weighted by atomic mass is 9.79. The number of hydrogen-bond acceptors (Lipinski definition) is 2. The molecular weight excluding hydrogens is 180 g/mol. The molecule has 76 valence electrons. The second-order valence-corrected chi connectivity index (χ2v) is 4.04. The number of carboxylic acid groups (broad SMARTS) is 1. The van der Waals surface area contributed by atoms with E-state index < -0.39 is 5.97 Å². The van der Waals surface area contributed by atoms with Crippen molar-refractivity contribution in [3.05, 3.63) is 17.5 Å². The van der Waals surface area contributed by atoms with Crippen LogP contribution in [0.4, 0.5) is 0 Å². The summed E-state index contributed by atoms with van der Waals surface area (Å²) in [7, 11) is 1.84. The van der Waals surface area contributed by atoms with Crippen molar-refractivity contribution < 1.29 is 9.90 Å². The van der Waals surface area contributed by atoms with Crippen LogP contribution in [0.1, 0.15) is 30.5 Å². The van der Waals surface area contributed by atoms with Crippen LogP contribution in [0.3, 0.4) is 0 Å². The number of hydrogen-bond donors (Lipinski definition) is 1. The van der Waals surface area contributed by atoms with Gasteiger partial charge in [0.05, 0.1) is 11.6 Å². The lowest BCUT2D eigenvalue weighted by Gasteiger charge is -2.24. The Bertz CT molecular complexity index is 370. The minimum atomic E-state index is -0.730. The second-order valence-electron chi connectivity index (χ2n) is 4.04. The first kappa shape index (κ1) is 9.24. The van der Waals surface area contributed by atoms with Gasteiger partial charge in [-0.15, -0.1) is 0 Å². The monoisotopic (exact) mass is 194 g/mol. The maximum Gasteiger partial charge on any atom is 0.311 e. The minimum absolute atomic E-state index is 0.212. The fourth-order valence-corrected chi connectivity index (χ4v) is 2.22. The molecule has 0 saturated carbocycles. The summed E-state index contributed by atoms with van der Waals surface area (Å²) in [5, 5.41) is 13.4. The van der Waals surface area contributed by atoms with Crippen molar-refractivity contribution in [3.63, 3.8) is 0 Å². The van der Waals surface area contributed by atoms with Gasteiger partial charge in [0.25, 0.3) is 0 Å². The van der Waals surface area contributed by atoms with Crippen LogP contribution in [0.5, 0.6) is 0 Å². The van der Waals surface area contributed by atoms with E-state index in [9.17, 15) is 4.79 Å². The second kappa shape index (κ2) is 3.12. The van der Waals surface area contributed by atoms with Gasteiger partial charge >= 0.3 is 5.97 Å². The minimum Gasteiger partial charge on any atom is -0.481 e. The first-order chi connectivity index (χ1) is 6.59. The fourth-order valence-electron chi connectivity index (χ4n) is 2.22. The van der Waals surface area contributed by atoms with Crippen LogP contribution in [0, 0.1) is 5.92 Å². The van der Waals surface area contributed by atoms with Crippen LogP contribution in [-0.2, 0) is 18.3 Å². The highest BCUT2D eigenvalue weighted by atomic mass is 16.4. The van der Waals surface area contributed by atoms with Crippen molar-refractivity contribution in [2.75, 3.05) is 0 Å². The van der Waals surface area contributed by atoms with Gasteiger partial charge in [-0.25, -0.2) is 0 Å². The third-order valence-electron chi connectivity index (χ3n) is 2.94. The van der Waals surface area contributed by atoms with Gasteiger partial charge in [0.1, 0.15) is 0 Å². The molecule has 0 aromatic carbocycles. The number of aliphatic carboxylic acids is 1. The molecule has 0 radical (unpaired) electrons. The molecule has 1 aliphatic carbocycles. The van der Waals surface area contributed by atoms with E-state index in [1.165, 1.54) is 0 Å². The maximum absolute atomic E-state index is 11.1. The van der Waals surface area contributed by atoms with Gasteiger partial charge in [0.2, 0.25) is 0 Å². The van der Waals surface area contributed by atoms with Crippen molar-refractivity contribution >= 4 is 5.97 Å². The molecule has 0 saturated heterocycles. The summed E-state index contributed by atoms with van der Waals surface area (Å²) in [4.78, 5) is 11.1. The molecule has 0 amide bonds. The Morgan fingerprint density at radius 3 is 3.07 bits per heavy atom. The number of carboxylic acids is 1. The van der Waals surface area contributed by atoms with Crippen molar-refractivity contribution in [1.29, 1.82) is 0 Å². The molecule has 0 spiro atoms. The number of fused-ring (bicyclic) bond motifs is 1. The Kier molecular flexibility index (Phi) is 2.06. The largest absolute Gasteiger partial charge is 0.481 e. The van der Waals surface area contributed by atoms with Crippen LogP contribution < -0.4 is 0 Å². The zero-order valence-corrected chi connectivity index (χ0v) is 8.40. The summed E-state index contributed by atoms with van der Waals surface area (Å²) in [6.45, 7) is 1.99. The molecule has 14 heavy (non-hydrogen) atoms. The third-order valence-corrected chi connectivity index (χ3v) is 2.94. The van der Waals surface area contributed by atoms with Crippen molar-refractivity contribution in [2.24, 2.45) is 13.0 Å². The predicted molar refractivity (Wildman–Crippen MR) is 51.1 cm³/mol. The molecule has 2 unspecified atom stereocenters. The highest BCUT2D eigenvalue weighted by Crippen LogP contribution is 2.35. The number of nitrogens with zero attached hydrogens (tertiary/aromatic N) is 2. The number of carbonyl (C=O) groups is 1. The summed E-state index contributed by atoms with van der Waals surface area (Å²) < 4.78 is 1.71. The van der Waals surface area contributed by atoms with Crippen molar-refractivity contribution in [2.45, 2.75) is 25.7 Å². The lowest BCUT2D eigenvalue weighted by Crippen LogP contribution is -2.24. The van der Waals surface area contributed by atoms with E-state index >= 15 is 0 Å². The molecule has 0 bridgehead atoms. The quantitative estimate of drug-likeness (QED) is 0.730. The molecule has 1 aromatic heterocycles. The van der Waals surface area contributed by atoms with E-state index in [-0.39, 0.29) is 11.8 Å². The SMILES string of the molecule is CC1CCc2nn(C)cc2C1C(=O)O. The number of aryl methyl sites for hydroxylation is 2. The average Bonchev–Trinajstić information content (AvgIpc) is 2.43. The van der Waals surface area contributed by atoms with E-state index in [1.54, 1.807) is 4.68 Å². The Morgan fingerprint density at radius 1 is 1.71 bits per heavy atom. The molecule has 1 aliphatic rings. The summed E-state index contributed by atoms with van der Waals surface area (Å²) in [6.07, 6.45) is 3.66. The molecule has 4 heteroatoms. The van der Waals surface area contributed by atoms with Gasteiger partial charge in [-0.2, -0.15) is 5.10 Å². The number of rotatable bonds is 1. The molecule has 2 atom stereocenters. The van der Waals surface area contributed by atoms with E-state index in [0.717, 1.165) is 24.1 Å². The van der Waals surface area contributed by atoms with Crippen LogP contribution in [0.25, 0.3) is 0 Å². The van der Waals surface area contributed by atoms with Gasteiger partial charge in [0.15, 0.2) is 0 Å². The van der Waals surface area contributed by atoms with Crippen LogP contribution in [-0.4, -0.2) is 20.9 Å². The van der Waals surface area contributed by atoms with Gasteiger partial charge < -0.3 is 5.11 Å². The van der Waals surface area contributed by atoms with Crippen LogP contribution in [0.2, 0.25) is 0 Å². The van der Waals surface area contributed by atoms with Crippen LogP contribution >= 0.6 is 0 Å². The normalized spacial score (nSPS) is 25.9. The summed E-state index contributed by atoms with van der Waals surface area (Å²) >= 11 is 0. The van der Waals surface area contributed by atoms with E-state index in [4.69, 9.17) is 5.11 Å². The zero-order chi connectivity index (χ0) is 10.3. The van der Waals surface area contributed by atoms with Gasteiger partial charge in [-0.1, -0.05) is 6.92 Å². The highest BCUT2D eigenvalue weighted by molar-refractivity contribution is 5.77. The first-order valence-electron chi connectivity index (χ1n) is 4.85. The Hall–Kier alpha value is -1.32. The molecule has 2 rings (SSSR count). The van der Waals surface area contributed by atoms with Gasteiger partial charge in [-0.3, -0.25) is 9.48 Å². The fraction of sp³-hybridized carbons (Fsp3) is 0.600. The molecule has 1 aromatic rings. The van der Waals surface area contributed by atoms with Gasteiger partial charge in [0, 0.05) is 18.8 Å². The van der Waals surface area contributed by atoms with E-state index in [0.29, 0.717) is 0 Å². The number of aromatic nitrogens is 2. The summed E-state index contributed by atoms with van der Waals surface area (Å²) in [5.41, 5.74) is 1.86. The van der Waals surface area contributed by atoms with Crippen molar-refractivity contribution in [3.8, 4) is 0 Å².